The van der Waals surface area contributed by atoms with Gasteiger partial charge in [-0.15, -0.1) is 0 Å². The zero-order valence-corrected chi connectivity index (χ0v) is 10.5. The van der Waals surface area contributed by atoms with Crippen LogP contribution in [-0.2, 0) is 0 Å². The van der Waals surface area contributed by atoms with Crippen molar-refractivity contribution in [2.75, 3.05) is 0 Å². The summed E-state index contributed by atoms with van der Waals surface area (Å²) in [5.74, 6) is 0.0892. The van der Waals surface area contributed by atoms with Crippen molar-refractivity contribution in [1.82, 2.24) is 0 Å². The lowest BCUT2D eigenvalue weighted by Gasteiger charge is -1.95. The van der Waals surface area contributed by atoms with Gasteiger partial charge in [-0.1, -0.05) is 48.5 Å². The molecule has 1 heterocycles. The normalized spacial score (nSPS) is 10.4. The molecule has 0 aliphatic carbocycles. The van der Waals surface area contributed by atoms with Crippen molar-refractivity contribution in [2.24, 2.45) is 0 Å². The molecule has 0 unspecified atom stereocenters. The van der Waals surface area contributed by atoms with Crippen LogP contribution < -0.4 is 0 Å². The Morgan fingerprint density at radius 1 is 0.833 bits per heavy atom. The highest BCUT2D eigenvalue weighted by atomic mass is 32.1. The third kappa shape index (κ3) is 2.03. The van der Waals surface area contributed by atoms with Crippen molar-refractivity contribution in [3.05, 3.63) is 76.5 Å². The quantitative estimate of drug-likeness (QED) is 0.487. The molecule has 3 rings (SSSR count). The van der Waals surface area contributed by atoms with Crippen molar-refractivity contribution >= 4 is 27.9 Å². The van der Waals surface area contributed by atoms with E-state index in [2.05, 4.69) is 6.07 Å². The molecule has 86 valence electrons. The van der Waals surface area contributed by atoms with E-state index >= 15 is 0 Å². The molecule has 3 aromatic rings. The fourth-order valence-corrected chi connectivity index (χ4v) is 2.79. The van der Waals surface area contributed by atoms with E-state index in [4.69, 9.17) is 0 Å². The van der Waals surface area contributed by atoms with E-state index in [1.807, 2.05) is 60.0 Å². The molecule has 1 aromatic heterocycles. The Morgan fingerprint density at radius 2 is 1.50 bits per heavy atom. The molecule has 0 aliphatic heterocycles. The Kier molecular flexibility index (Phi) is 2.87. The minimum absolute atomic E-state index is 0.0892. The topological polar surface area (TPSA) is 17.1 Å². The van der Waals surface area contributed by atoms with E-state index in [9.17, 15) is 4.79 Å². The molecule has 0 amide bonds. The number of carbonyl (C=O) groups excluding carboxylic acids is 1. The van der Waals surface area contributed by atoms with Gasteiger partial charge in [-0.05, 0) is 11.5 Å². The van der Waals surface area contributed by atoms with E-state index in [1.165, 1.54) is 16.7 Å². The van der Waals surface area contributed by atoms with E-state index < -0.39 is 0 Å². The predicted octanol–water partition coefficient (Wildman–Crippen LogP) is 4.41. The van der Waals surface area contributed by atoms with Gasteiger partial charge in [0.15, 0.2) is 0 Å². The minimum atomic E-state index is 0.0892. The molecule has 0 bridgehead atoms. The highest BCUT2D eigenvalue weighted by Crippen LogP contribution is 2.22. The summed E-state index contributed by atoms with van der Waals surface area (Å²) in [6.45, 7) is 0. The Bertz CT molecular complexity index is 704. The molecule has 0 spiro atoms. The number of fused-ring (bicyclic) bond motifs is 1. The molecule has 0 saturated heterocycles. The number of hydrogen-bond acceptors (Lipinski definition) is 1. The van der Waals surface area contributed by atoms with Gasteiger partial charge in [-0.3, -0.25) is 4.79 Å². The van der Waals surface area contributed by atoms with Gasteiger partial charge in [-0.2, -0.15) is 0 Å². The third-order valence-corrected chi connectivity index (χ3v) is 3.78. The molecule has 18 heavy (non-hydrogen) atoms. The van der Waals surface area contributed by atoms with Crippen molar-refractivity contribution in [3.63, 3.8) is 0 Å². The number of hydrogen-bond donors (Lipinski definition) is 0. The maximum absolute atomic E-state index is 12.3. The summed E-state index contributed by atoms with van der Waals surface area (Å²) in [4.78, 5) is 13.1. The van der Waals surface area contributed by atoms with Gasteiger partial charge in [-0.25, -0.2) is 0 Å². The molecule has 0 aliphatic rings. The van der Waals surface area contributed by atoms with Crippen LogP contribution in [0, 0.1) is 0 Å². The first-order valence-corrected chi connectivity index (χ1v) is 6.63. The Hall–Kier alpha value is -2.06. The Balaban J connectivity index is 2.07. The van der Waals surface area contributed by atoms with Crippen molar-refractivity contribution in [2.45, 2.75) is 0 Å². The van der Waals surface area contributed by atoms with Crippen molar-refractivity contribution < 1.29 is 4.79 Å². The second-order valence-electron chi connectivity index (χ2n) is 4.07. The molecular formula is C16H11OS+. The summed E-state index contributed by atoms with van der Waals surface area (Å²) in [5.41, 5.74) is 0.740. The zero-order valence-electron chi connectivity index (χ0n) is 9.67. The van der Waals surface area contributed by atoms with Crippen LogP contribution in [0.2, 0.25) is 0 Å². The van der Waals surface area contributed by atoms with E-state index in [0.717, 1.165) is 15.8 Å². The summed E-state index contributed by atoms with van der Waals surface area (Å²) in [6.07, 6.45) is 0. The second-order valence-corrected chi connectivity index (χ2v) is 4.98. The van der Waals surface area contributed by atoms with Crippen LogP contribution in [0.5, 0.6) is 0 Å². The summed E-state index contributed by atoms with van der Waals surface area (Å²) in [5, 5.41) is 4.31. The highest BCUT2D eigenvalue weighted by Gasteiger charge is 2.18. The van der Waals surface area contributed by atoms with Gasteiger partial charge in [0, 0.05) is 17.0 Å². The van der Waals surface area contributed by atoms with E-state index in [0.29, 0.717) is 0 Å². The first kappa shape index (κ1) is 11.1. The monoisotopic (exact) mass is 251 g/mol. The number of carbonyl (C=O) groups is 1. The average molecular weight is 251 g/mol. The van der Waals surface area contributed by atoms with E-state index in [1.54, 1.807) is 0 Å². The summed E-state index contributed by atoms with van der Waals surface area (Å²) < 4.78 is 0. The van der Waals surface area contributed by atoms with Crippen LogP contribution in [0.4, 0.5) is 0 Å². The maximum Gasteiger partial charge on any atom is 0.278 e. The fourth-order valence-electron chi connectivity index (χ4n) is 1.90. The van der Waals surface area contributed by atoms with Gasteiger partial charge in [0.2, 0.25) is 16.7 Å². The van der Waals surface area contributed by atoms with Gasteiger partial charge >= 0.3 is 0 Å². The van der Waals surface area contributed by atoms with Crippen LogP contribution in [0.3, 0.4) is 0 Å². The van der Waals surface area contributed by atoms with Gasteiger partial charge in [0.05, 0.1) is 0 Å². The largest absolute Gasteiger partial charge is 0.283 e. The second kappa shape index (κ2) is 4.67. The highest BCUT2D eigenvalue weighted by molar-refractivity contribution is 7.12. The minimum Gasteiger partial charge on any atom is -0.283 e. The predicted molar refractivity (Wildman–Crippen MR) is 76.1 cm³/mol. The first-order valence-electron chi connectivity index (χ1n) is 5.75. The van der Waals surface area contributed by atoms with Crippen molar-refractivity contribution in [1.29, 1.82) is 0 Å². The first-order chi connectivity index (χ1) is 8.84. The standard InChI is InChI=1S/C16H11OS/c17-16(12-6-2-1-3-7-12)15-10-13-8-4-5-9-14(13)11-18-15/h1-11H/q+1. The van der Waals surface area contributed by atoms with Crippen LogP contribution in [0.25, 0.3) is 10.8 Å². The molecule has 0 fully saturated rings. The summed E-state index contributed by atoms with van der Waals surface area (Å²) in [7, 11) is 0. The van der Waals surface area contributed by atoms with Gasteiger partial charge in [0.25, 0.3) is 10.7 Å². The lowest BCUT2D eigenvalue weighted by molar-refractivity contribution is 0.104. The number of rotatable bonds is 2. The Labute approximate surface area is 109 Å². The zero-order chi connectivity index (χ0) is 12.4. The SMILES string of the molecule is O=C(c1ccccc1)c1cc2ccccc2c[s+]1. The molecule has 1 nitrogen and oxygen atoms in total. The number of benzene rings is 2. The summed E-state index contributed by atoms with van der Waals surface area (Å²) in [6, 6.07) is 19.5. The third-order valence-electron chi connectivity index (χ3n) is 2.86. The lowest BCUT2D eigenvalue weighted by Crippen LogP contribution is -1.98. The van der Waals surface area contributed by atoms with Crippen molar-refractivity contribution in [3.8, 4) is 0 Å². The molecule has 2 heteroatoms. The van der Waals surface area contributed by atoms with Crippen LogP contribution in [-0.4, -0.2) is 5.78 Å². The Morgan fingerprint density at radius 3 is 2.28 bits per heavy atom. The fraction of sp³-hybridized carbons (Fsp3) is 0. The lowest BCUT2D eigenvalue weighted by atomic mass is 10.1. The van der Waals surface area contributed by atoms with Crippen LogP contribution in [0.15, 0.2) is 66.0 Å². The summed E-state index contributed by atoms with van der Waals surface area (Å²) >= 11 is 1.50. The molecule has 2 aromatic carbocycles. The maximum atomic E-state index is 12.3. The van der Waals surface area contributed by atoms with E-state index in [-0.39, 0.29) is 5.78 Å². The number of ketones is 1. The van der Waals surface area contributed by atoms with Gasteiger partial charge in [0.1, 0.15) is 0 Å². The van der Waals surface area contributed by atoms with Crippen LogP contribution in [0.1, 0.15) is 15.2 Å². The smallest absolute Gasteiger partial charge is 0.278 e. The molecule has 0 radical (unpaired) electrons. The molecule has 0 atom stereocenters. The average Bonchev–Trinajstić information content (AvgIpc) is 2.47. The van der Waals surface area contributed by atoms with Gasteiger partial charge < -0.3 is 0 Å². The molecule has 0 saturated carbocycles. The van der Waals surface area contributed by atoms with Crippen LogP contribution >= 0.6 is 11.3 Å². The molecular weight excluding hydrogens is 240 g/mol. The molecule has 0 N–H and O–H groups in total.